The molecule has 0 aromatic heterocycles. The van der Waals surface area contributed by atoms with Gasteiger partial charge in [0.2, 0.25) is 0 Å². The van der Waals surface area contributed by atoms with Crippen LogP contribution in [0.1, 0.15) is 27.2 Å². The molecule has 0 aliphatic carbocycles. The Morgan fingerprint density at radius 3 is 2.38 bits per heavy atom. The van der Waals surface area contributed by atoms with Crippen LogP contribution in [0.3, 0.4) is 0 Å². The molecule has 96 valence electrons. The average molecular weight is 254 g/mol. The Morgan fingerprint density at radius 1 is 1.44 bits per heavy atom. The van der Waals surface area contributed by atoms with Crippen LogP contribution in [0.4, 0.5) is 4.79 Å². The topological polar surface area (TPSA) is 105 Å². The molecule has 7 nitrogen and oxygen atoms in total. The van der Waals surface area contributed by atoms with Crippen molar-refractivity contribution in [1.82, 2.24) is 9.44 Å². The van der Waals surface area contributed by atoms with E-state index >= 15 is 0 Å². The minimum atomic E-state index is -4.02. The van der Waals surface area contributed by atoms with E-state index in [2.05, 4.69) is 9.46 Å². The van der Waals surface area contributed by atoms with Crippen LogP contribution < -0.4 is 9.44 Å². The Labute approximate surface area is 95.4 Å². The molecule has 0 saturated carbocycles. The normalized spacial score (nSPS) is 15.2. The number of rotatable bonds is 6. The summed E-state index contributed by atoms with van der Waals surface area (Å²) in [6, 6.07) is 0. The molecule has 3 N–H and O–H groups in total. The third-order valence-corrected chi connectivity index (χ3v) is 3.20. The third kappa shape index (κ3) is 5.29. The van der Waals surface area contributed by atoms with Crippen molar-refractivity contribution in [3.05, 3.63) is 0 Å². The second kappa shape index (κ2) is 6.02. The first-order valence-corrected chi connectivity index (χ1v) is 6.36. The predicted octanol–water partition coefficient (Wildman–Crippen LogP) is -0.272. The van der Waals surface area contributed by atoms with Crippen LogP contribution in [0, 0.1) is 0 Å². The van der Waals surface area contributed by atoms with E-state index in [1.54, 1.807) is 18.6 Å². The summed E-state index contributed by atoms with van der Waals surface area (Å²) in [5, 5.41) is 9.02. The molecule has 0 bridgehead atoms. The molecule has 0 heterocycles. The zero-order valence-electron chi connectivity index (χ0n) is 9.61. The molecule has 16 heavy (non-hydrogen) atoms. The summed E-state index contributed by atoms with van der Waals surface area (Å²) in [7, 11) is -4.02. The van der Waals surface area contributed by atoms with Gasteiger partial charge in [0.25, 0.3) is 0 Å². The predicted molar refractivity (Wildman–Crippen MR) is 58.0 cm³/mol. The molecule has 1 unspecified atom stereocenters. The molecule has 8 heteroatoms. The molecule has 0 aromatic rings. The molecule has 1 atom stereocenters. The van der Waals surface area contributed by atoms with Crippen LogP contribution >= 0.6 is 0 Å². The standard InChI is InChI=1S/C8H18N2O5S/c1-4-8(3,6-11)10-16(13,14)9-7(12)15-5-2/h10-11H,4-6H2,1-3H3,(H,9,12). The number of carbonyl (C=O) groups excluding carboxylic acids is 1. The molecule has 1 amide bonds. The zero-order valence-corrected chi connectivity index (χ0v) is 10.4. The number of nitrogens with one attached hydrogen (secondary N) is 2. The number of hydrogen-bond donors (Lipinski definition) is 3. The van der Waals surface area contributed by atoms with Gasteiger partial charge in [-0.2, -0.15) is 13.1 Å². The van der Waals surface area contributed by atoms with E-state index in [9.17, 15) is 13.2 Å². The summed E-state index contributed by atoms with van der Waals surface area (Å²) >= 11 is 0. The van der Waals surface area contributed by atoms with Crippen molar-refractivity contribution in [2.45, 2.75) is 32.7 Å². The fourth-order valence-corrected chi connectivity index (χ4v) is 2.02. The monoisotopic (exact) mass is 254 g/mol. The van der Waals surface area contributed by atoms with Crippen LogP contribution in [0.25, 0.3) is 0 Å². The highest BCUT2D eigenvalue weighted by Gasteiger charge is 2.28. The largest absolute Gasteiger partial charge is 0.449 e. The van der Waals surface area contributed by atoms with E-state index in [1.807, 2.05) is 0 Å². The molecule has 0 radical (unpaired) electrons. The highest BCUT2D eigenvalue weighted by atomic mass is 32.2. The molecule has 0 fully saturated rings. The smallest absolute Gasteiger partial charge is 0.421 e. The quantitative estimate of drug-likeness (QED) is 0.605. The second-order valence-electron chi connectivity index (χ2n) is 3.50. The fourth-order valence-electron chi connectivity index (χ4n) is 0.836. The lowest BCUT2D eigenvalue weighted by Crippen LogP contribution is -2.53. The van der Waals surface area contributed by atoms with Gasteiger partial charge in [0.05, 0.1) is 18.8 Å². The maximum absolute atomic E-state index is 11.4. The maximum Gasteiger partial charge on any atom is 0.421 e. The van der Waals surface area contributed by atoms with Gasteiger partial charge in [-0.25, -0.2) is 9.52 Å². The van der Waals surface area contributed by atoms with E-state index in [-0.39, 0.29) is 13.2 Å². The van der Waals surface area contributed by atoms with Crippen molar-refractivity contribution in [3.63, 3.8) is 0 Å². The van der Waals surface area contributed by atoms with Gasteiger partial charge in [-0.3, -0.25) is 0 Å². The van der Waals surface area contributed by atoms with Crippen LogP contribution in [0.2, 0.25) is 0 Å². The van der Waals surface area contributed by atoms with E-state index in [0.717, 1.165) is 0 Å². The minimum absolute atomic E-state index is 0.0758. The molecule has 0 spiro atoms. The molecule has 0 aliphatic rings. The van der Waals surface area contributed by atoms with Crippen molar-refractivity contribution < 1.29 is 23.1 Å². The molecular weight excluding hydrogens is 236 g/mol. The Balaban J connectivity index is 4.52. The van der Waals surface area contributed by atoms with Crippen molar-refractivity contribution in [2.24, 2.45) is 0 Å². The van der Waals surface area contributed by atoms with Gasteiger partial charge in [0.1, 0.15) is 0 Å². The van der Waals surface area contributed by atoms with Gasteiger partial charge in [-0.05, 0) is 20.3 Å². The van der Waals surface area contributed by atoms with Gasteiger partial charge >= 0.3 is 16.3 Å². The number of ether oxygens (including phenoxy) is 1. The Hall–Kier alpha value is -0.860. The highest BCUT2D eigenvalue weighted by molar-refractivity contribution is 7.88. The summed E-state index contributed by atoms with van der Waals surface area (Å²) in [5.41, 5.74) is -1.00. The highest BCUT2D eigenvalue weighted by Crippen LogP contribution is 2.08. The van der Waals surface area contributed by atoms with E-state index in [1.165, 1.54) is 6.92 Å². The summed E-state index contributed by atoms with van der Waals surface area (Å²) in [6.45, 7) is 4.50. The first-order chi connectivity index (χ1) is 7.28. The Kier molecular flexibility index (Phi) is 5.70. The number of carbonyl (C=O) groups is 1. The van der Waals surface area contributed by atoms with Crippen molar-refractivity contribution in [1.29, 1.82) is 0 Å². The lowest BCUT2D eigenvalue weighted by Gasteiger charge is -2.26. The van der Waals surface area contributed by atoms with Crippen LogP contribution in [-0.4, -0.2) is 38.4 Å². The van der Waals surface area contributed by atoms with Gasteiger partial charge < -0.3 is 9.84 Å². The molecule has 0 saturated heterocycles. The van der Waals surface area contributed by atoms with Crippen molar-refractivity contribution in [2.75, 3.05) is 13.2 Å². The Morgan fingerprint density at radius 2 is 2.00 bits per heavy atom. The van der Waals surface area contributed by atoms with Crippen LogP contribution in [0.5, 0.6) is 0 Å². The molecule has 0 aromatic carbocycles. The lowest BCUT2D eigenvalue weighted by molar-refractivity contribution is 0.157. The first-order valence-electron chi connectivity index (χ1n) is 4.88. The fraction of sp³-hybridized carbons (Fsp3) is 0.875. The van der Waals surface area contributed by atoms with E-state index in [4.69, 9.17) is 5.11 Å². The van der Waals surface area contributed by atoms with E-state index < -0.39 is 21.8 Å². The number of amides is 1. The zero-order chi connectivity index (χ0) is 12.8. The lowest BCUT2D eigenvalue weighted by atomic mass is 10.0. The van der Waals surface area contributed by atoms with Crippen molar-refractivity contribution in [3.8, 4) is 0 Å². The molecular formula is C8H18N2O5S. The second-order valence-corrected chi connectivity index (χ2v) is 4.92. The summed E-state index contributed by atoms with van der Waals surface area (Å²) in [6.07, 6.45) is -0.667. The first kappa shape index (κ1) is 15.1. The Bertz CT molecular complexity index is 323. The average Bonchev–Trinajstić information content (AvgIpc) is 2.16. The molecule has 0 rings (SSSR count). The third-order valence-electron chi connectivity index (χ3n) is 2.00. The SMILES string of the molecule is CCOC(=O)NS(=O)(=O)NC(C)(CC)CO. The summed E-state index contributed by atoms with van der Waals surface area (Å²) < 4.78 is 31.1. The van der Waals surface area contributed by atoms with Gasteiger partial charge in [0, 0.05) is 0 Å². The van der Waals surface area contributed by atoms with Gasteiger partial charge in [-0.15, -0.1) is 0 Å². The van der Waals surface area contributed by atoms with E-state index in [0.29, 0.717) is 6.42 Å². The maximum atomic E-state index is 11.4. The van der Waals surface area contributed by atoms with Crippen LogP contribution in [0.15, 0.2) is 0 Å². The molecule has 0 aliphatic heterocycles. The summed E-state index contributed by atoms with van der Waals surface area (Å²) in [4.78, 5) is 10.9. The number of aliphatic hydroxyl groups is 1. The van der Waals surface area contributed by atoms with Crippen LogP contribution in [-0.2, 0) is 14.9 Å². The summed E-state index contributed by atoms with van der Waals surface area (Å²) in [5.74, 6) is 0. The number of aliphatic hydroxyl groups excluding tert-OH is 1. The number of hydrogen-bond acceptors (Lipinski definition) is 5. The van der Waals surface area contributed by atoms with Gasteiger partial charge in [0.15, 0.2) is 0 Å². The van der Waals surface area contributed by atoms with Gasteiger partial charge in [-0.1, -0.05) is 6.92 Å². The minimum Gasteiger partial charge on any atom is -0.449 e. The van der Waals surface area contributed by atoms with Crippen molar-refractivity contribution >= 4 is 16.3 Å².